The number of ether oxygens (including phenoxy) is 1. The zero-order valence-electron chi connectivity index (χ0n) is 17.0. The quantitative estimate of drug-likeness (QED) is 0.594. The third-order valence-corrected chi connectivity index (χ3v) is 5.79. The second-order valence-corrected chi connectivity index (χ2v) is 8.85. The molecule has 158 valence electrons. The Morgan fingerprint density at radius 2 is 1.83 bits per heavy atom. The Bertz CT molecular complexity index is 1080. The summed E-state index contributed by atoms with van der Waals surface area (Å²) in [6.07, 6.45) is 5.74. The number of imidazole rings is 1. The Kier molecular flexibility index (Phi) is 6.41. The van der Waals surface area contributed by atoms with Gasteiger partial charge < -0.3 is 14.6 Å². The predicted octanol–water partition coefficient (Wildman–Crippen LogP) is 2.35. The molecule has 0 spiro atoms. The summed E-state index contributed by atoms with van der Waals surface area (Å²) in [6, 6.07) is 14.3. The summed E-state index contributed by atoms with van der Waals surface area (Å²) in [6.45, 7) is 2.04. The lowest BCUT2D eigenvalue weighted by Gasteiger charge is -2.18. The van der Waals surface area contributed by atoms with Crippen LogP contribution in [0, 0.1) is 0 Å². The molecule has 0 aliphatic carbocycles. The van der Waals surface area contributed by atoms with E-state index in [-0.39, 0.29) is 5.91 Å². The number of carbonyl (C=O) groups excluding carboxylic acids is 1. The van der Waals surface area contributed by atoms with Gasteiger partial charge in [0.25, 0.3) is 5.91 Å². The molecule has 2 aromatic carbocycles. The minimum absolute atomic E-state index is 0.244. The van der Waals surface area contributed by atoms with Crippen LogP contribution in [0.1, 0.15) is 12.5 Å². The zero-order valence-corrected chi connectivity index (χ0v) is 17.8. The van der Waals surface area contributed by atoms with E-state index in [4.69, 9.17) is 4.74 Å². The lowest BCUT2D eigenvalue weighted by atomic mass is 10.2. The molecule has 9 heteroatoms. The number of sulfonamides is 1. The van der Waals surface area contributed by atoms with E-state index in [0.29, 0.717) is 18.0 Å². The van der Waals surface area contributed by atoms with Crippen LogP contribution in [0.5, 0.6) is 5.75 Å². The number of rotatable bonds is 8. The molecule has 1 unspecified atom stereocenters. The van der Waals surface area contributed by atoms with E-state index in [2.05, 4.69) is 10.3 Å². The van der Waals surface area contributed by atoms with Crippen LogP contribution in [0.2, 0.25) is 0 Å². The lowest BCUT2D eigenvalue weighted by Crippen LogP contribution is -2.35. The van der Waals surface area contributed by atoms with Crippen molar-refractivity contribution in [3.63, 3.8) is 0 Å². The molecule has 1 amide bonds. The van der Waals surface area contributed by atoms with Gasteiger partial charge in [-0.1, -0.05) is 12.1 Å². The van der Waals surface area contributed by atoms with Crippen LogP contribution in [-0.4, -0.2) is 43.3 Å². The first kappa shape index (κ1) is 21.4. The highest BCUT2D eigenvalue weighted by Gasteiger charge is 2.16. The standard InChI is InChI=1S/C21H24N4O4S/c1-16(29-20-10-8-18(9-11-20)24(2)30(3,27)28)21(26)23-14-17-4-6-19(7-5-17)25-13-12-22-15-25/h4-13,15-16H,14H2,1-3H3,(H,23,26). The maximum absolute atomic E-state index is 12.3. The molecule has 0 fully saturated rings. The fourth-order valence-electron chi connectivity index (χ4n) is 2.71. The van der Waals surface area contributed by atoms with Gasteiger partial charge in [0.1, 0.15) is 5.75 Å². The van der Waals surface area contributed by atoms with Gasteiger partial charge in [0.15, 0.2) is 6.10 Å². The Labute approximate surface area is 176 Å². The number of hydrogen-bond acceptors (Lipinski definition) is 5. The first-order valence-electron chi connectivity index (χ1n) is 9.29. The van der Waals surface area contributed by atoms with E-state index in [1.165, 1.54) is 11.4 Å². The molecular formula is C21H24N4O4S. The van der Waals surface area contributed by atoms with Crippen molar-refractivity contribution in [3.05, 3.63) is 72.8 Å². The number of benzene rings is 2. The SMILES string of the molecule is CC(Oc1ccc(N(C)S(C)(=O)=O)cc1)C(=O)NCc1ccc(-n2ccnc2)cc1. The van der Waals surface area contributed by atoms with Gasteiger partial charge in [-0.15, -0.1) is 0 Å². The summed E-state index contributed by atoms with van der Waals surface area (Å²) in [4.78, 5) is 16.4. The van der Waals surface area contributed by atoms with Crippen molar-refractivity contribution in [3.8, 4) is 11.4 Å². The fraction of sp³-hybridized carbons (Fsp3) is 0.238. The molecule has 0 bridgehead atoms. The van der Waals surface area contributed by atoms with Crippen molar-refractivity contribution in [2.45, 2.75) is 19.6 Å². The second-order valence-electron chi connectivity index (χ2n) is 6.84. The number of anilines is 1. The number of carbonyl (C=O) groups is 1. The summed E-state index contributed by atoms with van der Waals surface area (Å²) >= 11 is 0. The summed E-state index contributed by atoms with van der Waals surface area (Å²) in [5, 5.41) is 2.85. The van der Waals surface area contributed by atoms with Gasteiger partial charge >= 0.3 is 0 Å². The van der Waals surface area contributed by atoms with Crippen LogP contribution in [0.4, 0.5) is 5.69 Å². The Hall–Kier alpha value is -3.33. The van der Waals surface area contributed by atoms with Gasteiger partial charge in [-0.3, -0.25) is 9.10 Å². The molecule has 1 atom stereocenters. The smallest absolute Gasteiger partial charge is 0.261 e. The number of nitrogens with zero attached hydrogens (tertiary/aromatic N) is 3. The average Bonchev–Trinajstić information content (AvgIpc) is 3.26. The molecule has 0 aliphatic rings. The van der Waals surface area contributed by atoms with Crippen LogP contribution in [0.15, 0.2) is 67.3 Å². The monoisotopic (exact) mass is 428 g/mol. The predicted molar refractivity (Wildman–Crippen MR) is 115 cm³/mol. The third kappa shape index (κ3) is 5.38. The molecule has 1 aromatic heterocycles. The largest absolute Gasteiger partial charge is 0.481 e. The first-order chi connectivity index (χ1) is 14.2. The van der Waals surface area contributed by atoms with Gasteiger partial charge in [0.05, 0.1) is 18.3 Å². The van der Waals surface area contributed by atoms with Gasteiger partial charge in [-0.2, -0.15) is 0 Å². The lowest BCUT2D eigenvalue weighted by molar-refractivity contribution is -0.127. The highest BCUT2D eigenvalue weighted by Crippen LogP contribution is 2.21. The average molecular weight is 429 g/mol. The Morgan fingerprint density at radius 1 is 1.17 bits per heavy atom. The van der Waals surface area contributed by atoms with Crippen molar-refractivity contribution in [1.82, 2.24) is 14.9 Å². The molecule has 8 nitrogen and oxygen atoms in total. The summed E-state index contributed by atoms with van der Waals surface area (Å²) in [5.74, 6) is 0.235. The molecule has 3 rings (SSSR count). The molecule has 3 aromatic rings. The van der Waals surface area contributed by atoms with Gasteiger partial charge in [0, 0.05) is 31.7 Å². The summed E-state index contributed by atoms with van der Waals surface area (Å²) in [5.41, 5.74) is 2.47. The highest BCUT2D eigenvalue weighted by molar-refractivity contribution is 7.92. The van der Waals surface area contributed by atoms with E-state index in [1.807, 2.05) is 35.0 Å². The maximum atomic E-state index is 12.3. The molecular weight excluding hydrogens is 404 g/mol. The van der Waals surface area contributed by atoms with Crippen LogP contribution in [0.3, 0.4) is 0 Å². The minimum atomic E-state index is -3.33. The van der Waals surface area contributed by atoms with Crippen molar-refractivity contribution in [2.75, 3.05) is 17.6 Å². The molecule has 1 N–H and O–H groups in total. The molecule has 0 saturated heterocycles. The van der Waals surface area contributed by atoms with Gasteiger partial charge in [-0.25, -0.2) is 13.4 Å². The zero-order chi connectivity index (χ0) is 21.7. The maximum Gasteiger partial charge on any atom is 0.261 e. The molecule has 0 aliphatic heterocycles. The normalized spacial score (nSPS) is 12.2. The van der Waals surface area contributed by atoms with E-state index >= 15 is 0 Å². The van der Waals surface area contributed by atoms with Crippen LogP contribution in [0.25, 0.3) is 5.69 Å². The third-order valence-electron chi connectivity index (χ3n) is 4.59. The van der Waals surface area contributed by atoms with E-state index in [9.17, 15) is 13.2 Å². The van der Waals surface area contributed by atoms with Crippen molar-refractivity contribution in [2.24, 2.45) is 0 Å². The summed E-state index contributed by atoms with van der Waals surface area (Å²) < 4.78 is 31.9. The number of nitrogens with one attached hydrogen (secondary N) is 1. The minimum Gasteiger partial charge on any atom is -0.481 e. The second kappa shape index (κ2) is 9.00. The van der Waals surface area contributed by atoms with Crippen molar-refractivity contribution >= 4 is 21.6 Å². The topological polar surface area (TPSA) is 93.5 Å². The fourth-order valence-corrected chi connectivity index (χ4v) is 3.22. The van der Waals surface area contributed by atoms with Crippen LogP contribution in [-0.2, 0) is 21.4 Å². The molecule has 1 heterocycles. The number of aromatic nitrogens is 2. The van der Waals surface area contributed by atoms with Crippen LogP contribution >= 0.6 is 0 Å². The Balaban J connectivity index is 1.52. The number of amides is 1. The van der Waals surface area contributed by atoms with Gasteiger partial charge in [0.2, 0.25) is 10.0 Å². The molecule has 0 saturated carbocycles. The van der Waals surface area contributed by atoms with Gasteiger partial charge in [-0.05, 0) is 48.9 Å². The van der Waals surface area contributed by atoms with E-state index < -0.39 is 16.1 Å². The Morgan fingerprint density at radius 3 is 2.40 bits per heavy atom. The van der Waals surface area contributed by atoms with Crippen molar-refractivity contribution < 1.29 is 17.9 Å². The summed E-state index contributed by atoms with van der Waals surface area (Å²) in [7, 11) is -1.86. The molecule has 0 radical (unpaired) electrons. The highest BCUT2D eigenvalue weighted by atomic mass is 32.2. The molecule has 30 heavy (non-hydrogen) atoms. The first-order valence-corrected chi connectivity index (χ1v) is 11.1. The van der Waals surface area contributed by atoms with E-state index in [1.54, 1.807) is 43.7 Å². The number of hydrogen-bond donors (Lipinski definition) is 1. The van der Waals surface area contributed by atoms with Crippen molar-refractivity contribution in [1.29, 1.82) is 0 Å². The van der Waals surface area contributed by atoms with Crippen LogP contribution < -0.4 is 14.4 Å². The van der Waals surface area contributed by atoms with E-state index in [0.717, 1.165) is 17.5 Å².